The number of nitrogens with one attached hydrogen (secondary N) is 2. The van der Waals surface area contributed by atoms with Crippen molar-refractivity contribution in [2.45, 2.75) is 41.5 Å². The highest BCUT2D eigenvalue weighted by Gasteiger charge is 2.39. The van der Waals surface area contributed by atoms with Gasteiger partial charge in [-0.05, 0) is 52.0 Å². The molecule has 2 aliphatic carbocycles. The third-order valence-corrected chi connectivity index (χ3v) is 8.60. The lowest BCUT2D eigenvalue weighted by atomic mass is 9.78. The molecule has 0 heterocycles. The third-order valence-electron chi connectivity index (χ3n) is 8.60. The monoisotopic (exact) mass is 827 g/mol. The number of ether oxygens (including phenoxy) is 4. The van der Waals surface area contributed by atoms with E-state index >= 15 is 0 Å². The molecule has 0 aromatic heterocycles. The normalized spacial score (nSPS) is 14.2. The number of aliphatic hydroxyl groups excluding tert-OH is 1. The fourth-order valence-corrected chi connectivity index (χ4v) is 5.61. The molecule has 2 aliphatic rings. The van der Waals surface area contributed by atoms with Crippen LogP contribution in [0.25, 0.3) is 5.57 Å². The second-order valence-electron chi connectivity index (χ2n) is 13.9. The molecule has 16 nitrogen and oxygen atoms in total. The number of allylic oxidation sites excluding steroid dienone is 5. The fraction of sp³-hybridized carbons (Fsp3) is 0.318. The van der Waals surface area contributed by atoms with Crippen LogP contribution in [0, 0.1) is 0 Å². The Morgan fingerprint density at radius 1 is 0.667 bits per heavy atom. The summed E-state index contributed by atoms with van der Waals surface area (Å²) in [5.74, 6) is -4.29. The van der Waals surface area contributed by atoms with Gasteiger partial charge in [0.1, 0.15) is 19.0 Å². The van der Waals surface area contributed by atoms with Crippen molar-refractivity contribution in [3.8, 4) is 0 Å². The van der Waals surface area contributed by atoms with E-state index < -0.39 is 47.2 Å². The molecule has 16 heteroatoms. The summed E-state index contributed by atoms with van der Waals surface area (Å²) >= 11 is 0. The number of carbonyl (C=O) groups is 7. The van der Waals surface area contributed by atoms with Gasteiger partial charge in [-0.2, -0.15) is 0 Å². The lowest BCUT2D eigenvalue weighted by Gasteiger charge is -2.29. The molecule has 0 saturated carbocycles. The fourth-order valence-electron chi connectivity index (χ4n) is 5.61. The van der Waals surface area contributed by atoms with Crippen LogP contribution in [0.5, 0.6) is 0 Å². The Hall–Kier alpha value is -7.10. The summed E-state index contributed by atoms with van der Waals surface area (Å²) < 4.78 is 22.8. The van der Waals surface area contributed by atoms with Crippen LogP contribution in [0.3, 0.4) is 0 Å². The van der Waals surface area contributed by atoms with Crippen molar-refractivity contribution >= 4 is 64.1 Å². The zero-order chi connectivity index (χ0) is 44.8. The van der Waals surface area contributed by atoms with Crippen LogP contribution < -0.4 is 15.5 Å². The van der Waals surface area contributed by atoms with Crippen molar-refractivity contribution in [2.75, 3.05) is 62.8 Å². The van der Waals surface area contributed by atoms with E-state index in [4.69, 9.17) is 18.9 Å². The quantitative estimate of drug-likeness (QED) is 0.0733. The van der Waals surface area contributed by atoms with Crippen LogP contribution in [0.4, 0.5) is 11.4 Å². The number of hydrogen-bond acceptors (Lipinski definition) is 13. The van der Waals surface area contributed by atoms with E-state index in [9.17, 15) is 38.7 Å². The number of Topliss-reactive ketones (excluding diaryl/α,β-unsaturated/α-hetero) is 1. The molecule has 0 unspecified atom stereocenters. The van der Waals surface area contributed by atoms with E-state index in [0.29, 0.717) is 11.4 Å². The largest absolute Gasteiger partial charge is 0.506 e. The summed E-state index contributed by atoms with van der Waals surface area (Å²) in [6, 6.07) is 4.72. The van der Waals surface area contributed by atoms with Crippen LogP contribution in [0.2, 0.25) is 0 Å². The maximum absolute atomic E-state index is 14.0. The summed E-state index contributed by atoms with van der Waals surface area (Å²) in [5, 5.41) is 16.9. The molecular formula is C44H51N4O12+. The van der Waals surface area contributed by atoms with Gasteiger partial charge in [0.2, 0.25) is 23.3 Å². The van der Waals surface area contributed by atoms with Gasteiger partial charge in [-0.15, -0.1) is 0 Å². The maximum atomic E-state index is 14.0. The molecule has 1 aromatic rings. The maximum Gasteiger partial charge on any atom is 0.333 e. The number of hydrogen-bond donors (Lipinski definition) is 3. The standard InChI is InChI=1S/C44H50N4O12/c1-25(2)41(53)57-19-15-47(16-20-58-42(54)26(3)4)31-11-13-33(35(23-31)45-29(9)49)37-39(51)38(40(37)52)34-14-12-32(24-36(34)46-30(10)50)48(17-21-59-43(55)27(5)6)18-22-60-44(56)28(7)8/h11-14,23-24H,1,3,5,7,15-22H2,2,4,6,8-10H3,(H2,45,46,49,50,51,52)/p+1. The predicted molar refractivity (Wildman–Crippen MR) is 224 cm³/mol. The van der Waals surface area contributed by atoms with Crippen molar-refractivity contribution in [3.63, 3.8) is 0 Å². The lowest BCUT2D eigenvalue weighted by Crippen LogP contribution is -2.33. The van der Waals surface area contributed by atoms with Gasteiger partial charge in [-0.25, -0.2) is 23.8 Å². The van der Waals surface area contributed by atoms with E-state index in [2.05, 4.69) is 36.9 Å². The number of ketones is 1. The number of aliphatic hydroxyl groups is 1. The molecule has 0 atom stereocenters. The first kappa shape index (κ1) is 47.3. The van der Waals surface area contributed by atoms with E-state index in [1.165, 1.54) is 53.7 Å². The van der Waals surface area contributed by atoms with Gasteiger partial charge in [0, 0.05) is 65.1 Å². The molecule has 2 amide bonds. The topological polar surface area (TPSA) is 207 Å². The zero-order valence-electron chi connectivity index (χ0n) is 34.8. The lowest BCUT2D eigenvalue weighted by molar-refractivity contribution is -0.530. The van der Waals surface area contributed by atoms with Crippen molar-refractivity contribution in [1.82, 2.24) is 5.32 Å². The number of nitrogens with zero attached hydrogens (tertiary/aromatic N) is 2. The Balaban J connectivity index is 2.08. The average Bonchev–Trinajstić information content (AvgIpc) is 3.17. The Labute approximate surface area is 348 Å². The first-order valence-corrected chi connectivity index (χ1v) is 18.7. The van der Waals surface area contributed by atoms with Gasteiger partial charge in [0.05, 0.1) is 35.6 Å². The minimum Gasteiger partial charge on any atom is -0.506 e. The second kappa shape index (κ2) is 21.6. The van der Waals surface area contributed by atoms with Crippen LogP contribution in [0.15, 0.2) is 108 Å². The molecular weight excluding hydrogens is 776 g/mol. The molecule has 60 heavy (non-hydrogen) atoms. The first-order chi connectivity index (χ1) is 28.2. The Kier molecular flexibility index (Phi) is 17.0. The van der Waals surface area contributed by atoms with E-state index in [1.807, 2.05) is 0 Å². The Bertz CT molecular complexity index is 2140. The molecule has 0 saturated heterocycles. The van der Waals surface area contributed by atoms with Crippen molar-refractivity contribution in [2.24, 2.45) is 0 Å². The average molecular weight is 828 g/mol. The second-order valence-corrected chi connectivity index (χ2v) is 13.9. The summed E-state index contributed by atoms with van der Waals surface area (Å²) in [7, 11) is 0. The van der Waals surface area contributed by atoms with E-state index in [0.717, 1.165) is 0 Å². The molecule has 1 aromatic carbocycles. The summed E-state index contributed by atoms with van der Waals surface area (Å²) in [6.07, 6.45) is 4.72. The summed E-state index contributed by atoms with van der Waals surface area (Å²) in [6.45, 7) is 23.3. The molecule has 0 radical (unpaired) electrons. The summed E-state index contributed by atoms with van der Waals surface area (Å²) in [4.78, 5) is 88.8. The van der Waals surface area contributed by atoms with Crippen LogP contribution in [0.1, 0.15) is 47.1 Å². The van der Waals surface area contributed by atoms with Gasteiger partial charge >= 0.3 is 23.9 Å². The third kappa shape index (κ3) is 13.0. The Morgan fingerprint density at radius 2 is 1.13 bits per heavy atom. The number of rotatable bonds is 20. The highest BCUT2D eigenvalue weighted by Crippen LogP contribution is 2.43. The number of anilines is 2. The van der Waals surface area contributed by atoms with Gasteiger partial charge in [-0.1, -0.05) is 26.3 Å². The molecule has 0 spiro atoms. The van der Waals surface area contributed by atoms with E-state index in [-0.39, 0.29) is 109 Å². The highest BCUT2D eigenvalue weighted by molar-refractivity contribution is 6.40. The minimum absolute atomic E-state index is 0.0573. The van der Waals surface area contributed by atoms with Gasteiger partial charge in [-0.3, -0.25) is 14.4 Å². The number of esters is 4. The molecule has 0 aliphatic heterocycles. The van der Waals surface area contributed by atoms with Crippen molar-refractivity contribution in [3.05, 3.63) is 113 Å². The molecule has 0 fully saturated rings. The SMILES string of the molecule is C=C(C)C(=O)OCCN(CCOC(=O)C(=C)C)c1ccc(C2=C(O)/C(=C3/C=CC(=[N+](CCOC(=O)C(=C)C)CCOC(=O)C(=C)C)C=C3NC(C)=O)C2=O)c(NC(C)=O)c1. The van der Waals surface area contributed by atoms with Gasteiger partial charge < -0.3 is 39.6 Å². The number of amides is 2. The summed E-state index contributed by atoms with van der Waals surface area (Å²) in [5.41, 5.74) is 2.36. The van der Waals surface area contributed by atoms with Crippen LogP contribution in [-0.2, 0) is 52.5 Å². The van der Waals surface area contributed by atoms with Gasteiger partial charge in [0.15, 0.2) is 26.3 Å². The minimum atomic E-state index is -0.590. The van der Waals surface area contributed by atoms with Crippen molar-refractivity contribution in [1.29, 1.82) is 0 Å². The Morgan fingerprint density at radius 3 is 1.57 bits per heavy atom. The molecule has 3 N–H and O–H groups in total. The zero-order valence-corrected chi connectivity index (χ0v) is 34.8. The smallest absolute Gasteiger partial charge is 0.333 e. The van der Waals surface area contributed by atoms with Gasteiger partial charge in [0.25, 0.3) is 0 Å². The molecule has 0 bridgehead atoms. The first-order valence-electron chi connectivity index (χ1n) is 18.7. The molecule has 3 rings (SSSR count). The van der Waals surface area contributed by atoms with Crippen LogP contribution in [-0.4, -0.2) is 109 Å². The predicted octanol–water partition coefficient (Wildman–Crippen LogP) is 4.12. The van der Waals surface area contributed by atoms with Crippen molar-refractivity contribution < 1.29 is 62.2 Å². The number of benzene rings is 1. The van der Waals surface area contributed by atoms with E-state index in [1.54, 1.807) is 33.8 Å². The van der Waals surface area contributed by atoms with Crippen LogP contribution >= 0.6 is 0 Å². The highest BCUT2D eigenvalue weighted by atomic mass is 16.5. The molecule has 318 valence electrons. The number of carbonyl (C=O) groups excluding carboxylic acids is 7.